The molecular formula is C31H54N3O10P. The van der Waals surface area contributed by atoms with Crippen molar-refractivity contribution in [2.75, 3.05) is 32.5 Å². The zero-order valence-electron chi connectivity index (χ0n) is 27.1. The molecule has 45 heavy (non-hydrogen) atoms. The first-order chi connectivity index (χ1) is 21.0. The second-order valence-electron chi connectivity index (χ2n) is 14.8. The lowest BCUT2D eigenvalue weighted by atomic mass is 9.44. The van der Waals surface area contributed by atoms with Gasteiger partial charge < -0.3 is 40.5 Å². The van der Waals surface area contributed by atoms with Crippen LogP contribution < -0.4 is 10.6 Å². The Morgan fingerprint density at radius 1 is 1.02 bits per heavy atom. The summed E-state index contributed by atoms with van der Waals surface area (Å²) >= 11 is 0. The highest BCUT2D eigenvalue weighted by Gasteiger charge is 2.59. The maximum atomic E-state index is 14.0. The number of fused-ring (bicyclic) bond motifs is 3. The first kappa shape index (κ1) is 36.2. The van der Waals surface area contributed by atoms with E-state index in [1.807, 2.05) is 6.92 Å². The smallest absolute Gasteiger partial charge is 0.331 e. The molecule has 2 amide bonds. The molecule has 4 fully saturated rings. The Morgan fingerprint density at radius 2 is 1.69 bits per heavy atom. The standard InChI is InChI=1S/C31H54N3O10P/c1-19(36)32-16-22-25(37)26(38)23(17-35)34(22)14-15-45(42,43)44-18-31(4,28(40)41)33-27(39)30(3)13-7-12-29(2)21-9-6-5-8-20(21)10-11-24(29)30/h20-26,35,37-38H,5-18H2,1-4H3,(H,32,36)(H,33,39)(H,40,41)(H,42,43)/t20?,21?,22-,23-,24?,25-,26-,29-,30+,31?/m1/s1. The summed E-state index contributed by atoms with van der Waals surface area (Å²) < 4.78 is 18.5. The van der Waals surface area contributed by atoms with Crippen LogP contribution in [0.3, 0.4) is 0 Å². The molecule has 4 aliphatic rings. The molecular weight excluding hydrogens is 605 g/mol. The maximum absolute atomic E-state index is 14.0. The quantitative estimate of drug-likeness (QED) is 0.149. The second-order valence-corrected chi connectivity index (χ2v) is 16.7. The van der Waals surface area contributed by atoms with Gasteiger partial charge in [-0.3, -0.25) is 19.1 Å². The number of carboxylic acid groups (broad SMARTS) is 1. The van der Waals surface area contributed by atoms with Gasteiger partial charge in [-0.1, -0.05) is 39.5 Å². The van der Waals surface area contributed by atoms with E-state index >= 15 is 0 Å². The number of nitrogens with one attached hydrogen (secondary N) is 2. The fourth-order valence-corrected chi connectivity index (χ4v) is 10.4. The van der Waals surface area contributed by atoms with Gasteiger partial charge >= 0.3 is 13.6 Å². The highest BCUT2D eigenvalue weighted by Crippen LogP contribution is 2.64. The van der Waals surface area contributed by atoms with Gasteiger partial charge in [0.15, 0.2) is 5.54 Å². The van der Waals surface area contributed by atoms with E-state index in [-0.39, 0.29) is 36.2 Å². The van der Waals surface area contributed by atoms with E-state index < -0.39 is 68.2 Å². The Morgan fingerprint density at radius 3 is 2.33 bits per heavy atom. The molecule has 3 aliphatic carbocycles. The van der Waals surface area contributed by atoms with E-state index in [2.05, 4.69) is 17.6 Å². The third-order valence-electron chi connectivity index (χ3n) is 11.9. The molecule has 0 spiro atoms. The minimum absolute atomic E-state index is 0.00551. The Hall–Kier alpha value is -1.60. The highest BCUT2D eigenvalue weighted by molar-refractivity contribution is 7.52. The molecule has 0 aromatic rings. The van der Waals surface area contributed by atoms with Crippen molar-refractivity contribution in [3.8, 4) is 0 Å². The van der Waals surface area contributed by atoms with Gasteiger partial charge in [0.25, 0.3) is 0 Å². The van der Waals surface area contributed by atoms with Gasteiger partial charge in [0, 0.05) is 25.4 Å². The number of amides is 2. The van der Waals surface area contributed by atoms with E-state index in [1.165, 1.54) is 44.4 Å². The number of aliphatic carboxylic acids is 1. The van der Waals surface area contributed by atoms with Gasteiger partial charge in [-0.15, -0.1) is 0 Å². The van der Waals surface area contributed by atoms with Gasteiger partial charge in [0.2, 0.25) is 11.8 Å². The summed E-state index contributed by atoms with van der Waals surface area (Å²) in [4.78, 5) is 50.1. The average molecular weight is 660 g/mol. The van der Waals surface area contributed by atoms with Crippen LogP contribution in [0.25, 0.3) is 0 Å². The molecule has 11 atom stereocenters. The van der Waals surface area contributed by atoms with Crippen LogP contribution >= 0.6 is 7.60 Å². The number of aliphatic hydroxyl groups is 3. The van der Waals surface area contributed by atoms with E-state index in [0.717, 1.165) is 25.7 Å². The summed E-state index contributed by atoms with van der Waals surface area (Å²) in [6.45, 7) is 5.26. The summed E-state index contributed by atoms with van der Waals surface area (Å²) in [6.07, 6.45) is 6.26. The number of nitrogens with zero attached hydrogens (tertiary/aromatic N) is 1. The third kappa shape index (κ3) is 7.29. The number of hydrogen-bond donors (Lipinski definition) is 7. The Kier molecular flexibility index (Phi) is 11.2. The average Bonchev–Trinajstić information content (AvgIpc) is 3.21. The van der Waals surface area contributed by atoms with Crippen molar-refractivity contribution >= 4 is 25.4 Å². The van der Waals surface area contributed by atoms with E-state index in [0.29, 0.717) is 18.3 Å². The normalized spacial score (nSPS) is 39.5. The zero-order chi connectivity index (χ0) is 33.4. The van der Waals surface area contributed by atoms with Crippen LogP contribution in [0.4, 0.5) is 0 Å². The summed E-state index contributed by atoms with van der Waals surface area (Å²) in [5, 5.41) is 46.1. The minimum atomic E-state index is -4.45. The van der Waals surface area contributed by atoms with Crippen molar-refractivity contribution < 1.29 is 48.8 Å². The molecule has 7 N–H and O–H groups in total. The number of carboxylic acids is 1. The Bertz CT molecular complexity index is 1160. The molecule has 1 aliphatic heterocycles. The molecule has 1 saturated heterocycles. The number of aliphatic hydroxyl groups excluding tert-OH is 3. The van der Waals surface area contributed by atoms with Crippen LogP contribution in [-0.2, 0) is 23.5 Å². The number of hydrogen-bond acceptors (Lipinski definition) is 9. The van der Waals surface area contributed by atoms with Crippen molar-refractivity contribution in [1.82, 2.24) is 15.5 Å². The molecule has 258 valence electrons. The van der Waals surface area contributed by atoms with E-state index in [4.69, 9.17) is 4.52 Å². The molecule has 0 aromatic carbocycles. The van der Waals surface area contributed by atoms with Gasteiger partial charge in [-0.25, -0.2) is 4.79 Å². The van der Waals surface area contributed by atoms with Gasteiger partial charge in [0.1, 0.15) is 0 Å². The number of carbonyl (C=O) groups excluding carboxylic acids is 2. The lowest BCUT2D eigenvalue weighted by molar-refractivity contribution is -0.161. The van der Waals surface area contributed by atoms with Crippen LogP contribution in [0.15, 0.2) is 0 Å². The van der Waals surface area contributed by atoms with Crippen LogP contribution in [0.5, 0.6) is 0 Å². The Labute approximate surface area is 266 Å². The molecule has 1 heterocycles. The topological polar surface area (TPSA) is 206 Å². The minimum Gasteiger partial charge on any atom is -0.479 e. The molecule has 13 nitrogen and oxygen atoms in total. The molecule has 14 heteroatoms. The lowest BCUT2D eigenvalue weighted by Crippen LogP contribution is -2.63. The maximum Gasteiger partial charge on any atom is 0.331 e. The van der Waals surface area contributed by atoms with Crippen LogP contribution in [0, 0.1) is 28.6 Å². The largest absolute Gasteiger partial charge is 0.479 e. The van der Waals surface area contributed by atoms with Crippen LogP contribution in [0.1, 0.15) is 85.5 Å². The predicted octanol–water partition coefficient (Wildman–Crippen LogP) is 1.46. The SMILES string of the molecule is CC(=O)NC[C@@H]1[C@@H](O)[C@H](O)[C@@H](CO)N1CCP(=O)(O)OCC(C)(NC(=O)[C@@]1(C)CCC[C@]2(C)C3CCCCC3CCC21)C(=O)O. The number of likely N-dealkylation sites (tertiary alicyclic amines) is 1. The number of rotatable bonds is 12. The van der Waals surface area contributed by atoms with Gasteiger partial charge in [-0.05, 0) is 62.2 Å². The molecule has 0 aromatic heterocycles. The van der Waals surface area contributed by atoms with Crippen molar-refractivity contribution in [2.45, 2.75) is 115 Å². The van der Waals surface area contributed by atoms with Crippen molar-refractivity contribution in [1.29, 1.82) is 0 Å². The van der Waals surface area contributed by atoms with Crippen molar-refractivity contribution in [3.05, 3.63) is 0 Å². The Balaban J connectivity index is 1.42. The van der Waals surface area contributed by atoms with E-state index in [1.54, 1.807) is 0 Å². The predicted molar refractivity (Wildman–Crippen MR) is 165 cm³/mol. The summed E-state index contributed by atoms with van der Waals surface area (Å²) in [5.74, 6) is -0.785. The molecule has 5 unspecified atom stereocenters. The zero-order valence-corrected chi connectivity index (χ0v) is 28.0. The van der Waals surface area contributed by atoms with Crippen molar-refractivity contribution in [2.24, 2.45) is 28.6 Å². The second kappa shape index (κ2) is 13.9. The lowest BCUT2D eigenvalue weighted by Gasteiger charge is -2.60. The van der Waals surface area contributed by atoms with Crippen molar-refractivity contribution in [3.63, 3.8) is 0 Å². The van der Waals surface area contributed by atoms with Gasteiger partial charge in [-0.2, -0.15) is 0 Å². The monoisotopic (exact) mass is 659 g/mol. The first-order valence-corrected chi connectivity index (χ1v) is 18.2. The van der Waals surface area contributed by atoms with E-state index in [9.17, 15) is 44.3 Å². The third-order valence-corrected chi connectivity index (χ3v) is 13.2. The summed E-state index contributed by atoms with van der Waals surface area (Å²) in [6, 6.07) is -1.79. The highest BCUT2D eigenvalue weighted by atomic mass is 31.2. The fourth-order valence-electron chi connectivity index (χ4n) is 9.28. The molecule has 3 saturated carbocycles. The fraction of sp³-hybridized carbons (Fsp3) is 0.903. The molecule has 4 rings (SSSR count). The van der Waals surface area contributed by atoms with Crippen LogP contribution in [-0.4, -0.2) is 110 Å². The molecule has 0 bridgehead atoms. The first-order valence-electron chi connectivity index (χ1n) is 16.5. The van der Waals surface area contributed by atoms with Gasteiger partial charge in [0.05, 0.1) is 43.7 Å². The molecule has 0 radical (unpaired) electrons. The summed E-state index contributed by atoms with van der Waals surface area (Å²) in [5.41, 5.74) is -2.75. The number of carbonyl (C=O) groups is 3. The summed E-state index contributed by atoms with van der Waals surface area (Å²) in [7, 11) is -4.45. The van der Waals surface area contributed by atoms with Crippen LogP contribution in [0.2, 0.25) is 0 Å².